The van der Waals surface area contributed by atoms with Crippen molar-refractivity contribution in [3.8, 4) is 0 Å². The van der Waals surface area contributed by atoms with Gasteiger partial charge in [0.1, 0.15) is 5.82 Å². The lowest BCUT2D eigenvalue weighted by molar-refractivity contribution is 0.211. The highest BCUT2D eigenvalue weighted by Gasteiger charge is 2.14. The minimum atomic E-state index is -0.277. The summed E-state index contributed by atoms with van der Waals surface area (Å²) in [5, 5.41) is 3.93. The van der Waals surface area contributed by atoms with E-state index in [9.17, 15) is 9.59 Å². The molecule has 2 aromatic carbocycles. The molecule has 0 aliphatic heterocycles. The molecule has 6 nitrogen and oxygen atoms in total. The summed E-state index contributed by atoms with van der Waals surface area (Å²) in [6, 6.07) is 13.7. The van der Waals surface area contributed by atoms with Crippen molar-refractivity contribution in [3.63, 3.8) is 0 Å². The lowest BCUT2D eigenvalue weighted by Gasteiger charge is -2.21. The van der Waals surface area contributed by atoms with Gasteiger partial charge in [-0.25, -0.2) is 9.78 Å². The highest BCUT2D eigenvalue weighted by molar-refractivity contribution is 6.30. The van der Waals surface area contributed by atoms with Gasteiger partial charge in [0.05, 0.1) is 17.4 Å². The number of aromatic amines is 1. The molecule has 0 radical (unpaired) electrons. The van der Waals surface area contributed by atoms with Gasteiger partial charge in [-0.2, -0.15) is 0 Å². The standard InChI is InChI=1S/C18H17ClN4O2/c1-2-23(18(25)20-13-9-7-12(19)8-10-13)11-16-21-15-6-4-3-5-14(15)17(24)22-16/h3-10H,2,11H2,1H3,(H,20,25)(H,21,22,24). The van der Waals surface area contributed by atoms with Gasteiger partial charge >= 0.3 is 6.03 Å². The molecule has 128 valence electrons. The summed E-state index contributed by atoms with van der Waals surface area (Å²) >= 11 is 5.84. The fourth-order valence-electron chi connectivity index (χ4n) is 2.45. The van der Waals surface area contributed by atoms with Crippen LogP contribution in [0.25, 0.3) is 10.9 Å². The van der Waals surface area contributed by atoms with Gasteiger partial charge in [-0.1, -0.05) is 23.7 Å². The monoisotopic (exact) mass is 356 g/mol. The molecule has 25 heavy (non-hydrogen) atoms. The number of carbonyl (C=O) groups excluding carboxylic acids is 1. The molecule has 0 aliphatic rings. The Morgan fingerprint density at radius 3 is 2.64 bits per heavy atom. The fourth-order valence-corrected chi connectivity index (χ4v) is 2.58. The average molecular weight is 357 g/mol. The topological polar surface area (TPSA) is 78.1 Å². The number of para-hydroxylation sites is 1. The Balaban J connectivity index is 1.78. The zero-order chi connectivity index (χ0) is 17.8. The number of benzene rings is 2. The number of H-pyrrole nitrogens is 1. The lowest BCUT2D eigenvalue weighted by atomic mass is 10.2. The molecule has 0 aliphatic carbocycles. The quantitative estimate of drug-likeness (QED) is 0.749. The second-order valence-electron chi connectivity index (χ2n) is 5.48. The third-order valence-corrected chi connectivity index (χ3v) is 4.02. The van der Waals surface area contributed by atoms with E-state index in [2.05, 4.69) is 15.3 Å². The van der Waals surface area contributed by atoms with Gasteiger partial charge in [-0.05, 0) is 43.3 Å². The summed E-state index contributed by atoms with van der Waals surface area (Å²) in [5.41, 5.74) is 1.04. The van der Waals surface area contributed by atoms with Crippen molar-refractivity contribution >= 4 is 34.2 Å². The van der Waals surface area contributed by atoms with E-state index in [-0.39, 0.29) is 18.1 Å². The summed E-state index contributed by atoms with van der Waals surface area (Å²) in [6.07, 6.45) is 0. The largest absolute Gasteiger partial charge is 0.322 e. The molecule has 7 heteroatoms. The summed E-state index contributed by atoms with van der Waals surface area (Å²) < 4.78 is 0. The van der Waals surface area contributed by atoms with Crippen molar-refractivity contribution in [1.29, 1.82) is 0 Å². The van der Waals surface area contributed by atoms with Crippen LogP contribution >= 0.6 is 11.6 Å². The Kier molecular flexibility index (Phi) is 5.00. The number of hydrogen-bond donors (Lipinski definition) is 2. The van der Waals surface area contributed by atoms with E-state index in [0.717, 1.165) is 0 Å². The minimum Gasteiger partial charge on any atom is -0.317 e. The molecule has 0 unspecified atom stereocenters. The molecule has 0 spiro atoms. The maximum Gasteiger partial charge on any atom is 0.322 e. The van der Waals surface area contributed by atoms with Crippen molar-refractivity contribution in [3.05, 3.63) is 69.7 Å². The number of nitrogens with one attached hydrogen (secondary N) is 2. The van der Waals surface area contributed by atoms with Gasteiger partial charge in [0.25, 0.3) is 5.56 Å². The Hall–Kier alpha value is -2.86. The molecule has 1 heterocycles. The molecule has 0 saturated heterocycles. The van der Waals surface area contributed by atoms with Gasteiger partial charge in [-0.3, -0.25) is 4.79 Å². The normalized spacial score (nSPS) is 10.6. The smallest absolute Gasteiger partial charge is 0.317 e. The Labute approximate surface area is 149 Å². The molecular weight excluding hydrogens is 340 g/mol. The van der Waals surface area contributed by atoms with Gasteiger partial charge in [-0.15, -0.1) is 0 Å². The Morgan fingerprint density at radius 1 is 1.20 bits per heavy atom. The van der Waals surface area contributed by atoms with Crippen LogP contribution in [0.2, 0.25) is 5.02 Å². The fraction of sp³-hybridized carbons (Fsp3) is 0.167. The van der Waals surface area contributed by atoms with E-state index >= 15 is 0 Å². The number of anilines is 1. The SMILES string of the molecule is CCN(Cc1nc2ccccc2c(=O)[nH]1)C(=O)Nc1ccc(Cl)cc1. The lowest BCUT2D eigenvalue weighted by Crippen LogP contribution is -2.35. The second-order valence-corrected chi connectivity index (χ2v) is 5.92. The zero-order valence-electron chi connectivity index (χ0n) is 13.6. The van der Waals surface area contributed by atoms with E-state index in [1.165, 1.54) is 0 Å². The molecule has 0 atom stereocenters. The van der Waals surface area contributed by atoms with Crippen LogP contribution < -0.4 is 10.9 Å². The Bertz CT molecular complexity index is 953. The predicted octanol–water partition coefficient (Wildman–Crippen LogP) is 3.63. The van der Waals surface area contributed by atoms with Crippen molar-refractivity contribution in [1.82, 2.24) is 14.9 Å². The third-order valence-electron chi connectivity index (χ3n) is 3.77. The van der Waals surface area contributed by atoms with E-state index in [4.69, 9.17) is 11.6 Å². The van der Waals surface area contributed by atoms with Crippen LogP contribution in [0.15, 0.2) is 53.3 Å². The maximum atomic E-state index is 12.4. The molecule has 2 N–H and O–H groups in total. The summed E-state index contributed by atoms with van der Waals surface area (Å²) in [4.78, 5) is 33.3. The maximum absolute atomic E-state index is 12.4. The number of urea groups is 1. The molecule has 3 aromatic rings. The van der Waals surface area contributed by atoms with Gasteiger partial charge < -0.3 is 15.2 Å². The number of amides is 2. The van der Waals surface area contributed by atoms with E-state index in [1.807, 2.05) is 13.0 Å². The van der Waals surface area contributed by atoms with Crippen LogP contribution in [-0.4, -0.2) is 27.4 Å². The number of hydrogen-bond acceptors (Lipinski definition) is 3. The van der Waals surface area contributed by atoms with Crippen LogP contribution in [0, 0.1) is 0 Å². The number of aromatic nitrogens is 2. The molecule has 1 aromatic heterocycles. The molecule has 0 bridgehead atoms. The summed E-state index contributed by atoms with van der Waals surface area (Å²) in [5.74, 6) is 0.441. The van der Waals surface area contributed by atoms with E-state index in [1.54, 1.807) is 47.4 Å². The average Bonchev–Trinajstić information content (AvgIpc) is 2.61. The van der Waals surface area contributed by atoms with Crippen molar-refractivity contribution in [2.75, 3.05) is 11.9 Å². The number of rotatable bonds is 4. The zero-order valence-corrected chi connectivity index (χ0v) is 14.4. The first-order chi connectivity index (χ1) is 12.1. The van der Waals surface area contributed by atoms with Crippen molar-refractivity contribution in [2.24, 2.45) is 0 Å². The molecule has 3 rings (SSSR count). The van der Waals surface area contributed by atoms with Crippen LogP contribution in [-0.2, 0) is 6.54 Å². The first-order valence-corrected chi connectivity index (χ1v) is 8.24. The first-order valence-electron chi connectivity index (χ1n) is 7.86. The highest BCUT2D eigenvalue weighted by atomic mass is 35.5. The van der Waals surface area contributed by atoms with E-state index < -0.39 is 0 Å². The number of halogens is 1. The number of fused-ring (bicyclic) bond motifs is 1. The summed E-state index contributed by atoms with van der Waals surface area (Å²) in [7, 11) is 0. The molecular formula is C18H17ClN4O2. The van der Waals surface area contributed by atoms with Gasteiger partial charge in [0.15, 0.2) is 0 Å². The first kappa shape index (κ1) is 17.0. The number of nitrogens with zero attached hydrogens (tertiary/aromatic N) is 2. The summed E-state index contributed by atoms with van der Waals surface area (Å²) in [6.45, 7) is 2.53. The van der Waals surface area contributed by atoms with E-state index in [0.29, 0.717) is 34.0 Å². The molecule has 0 fully saturated rings. The van der Waals surface area contributed by atoms with Gasteiger partial charge in [0.2, 0.25) is 0 Å². The van der Waals surface area contributed by atoms with Crippen molar-refractivity contribution in [2.45, 2.75) is 13.5 Å². The third kappa shape index (κ3) is 3.97. The van der Waals surface area contributed by atoms with Crippen LogP contribution in [0.3, 0.4) is 0 Å². The van der Waals surface area contributed by atoms with Crippen LogP contribution in [0.4, 0.5) is 10.5 Å². The van der Waals surface area contributed by atoms with Crippen molar-refractivity contribution < 1.29 is 4.79 Å². The van der Waals surface area contributed by atoms with Crippen LogP contribution in [0.1, 0.15) is 12.7 Å². The molecule has 0 saturated carbocycles. The Morgan fingerprint density at radius 2 is 1.92 bits per heavy atom. The minimum absolute atomic E-state index is 0.204. The molecule has 2 amide bonds. The highest BCUT2D eigenvalue weighted by Crippen LogP contribution is 2.14. The predicted molar refractivity (Wildman–Crippen MR) is 98.9 cm³/mol. The van der Waals surface area contributed by atoms with Gasteiger partial charge in [0, 0.05) is 17.3 Å². The number of carbonyl (C=O) groups is 1. The second kappa shape index (κ2) is 7.36. The van der Waals surface area contributed by atoms with Crippen LogP contribution in [0.5, 0.6) is 0 Å².